The van der Waals surface area contributed by atoms with Crippen molar-refractivity contribution >= 4 is 82.5 Å². The smallest absolute Gasteiger partial charge is 0.343 e. The number of nitrogens with zero attached hydrogens (tertiary/aromatic N) is 9. The summed E-state index contributed by atoms with van der Waals surface area (Å²) in [7, 11) is 9.92. The molecule has 554 valence electrons. The summed E-state index contributed by atoms with van der Waals surface area (Å²) in [6.07, 6.45) is 5.47. The maximum Gasteiger partial charge on any atom is 0.391 e. The number of nitrogens with one attached hydrogen (secondary N) is 3. The maximum absolute atomic E-state index is 15.5. The minimum Gasteiger partial charge on any atom is -0.343 e. The molecule has 6 fully saturated rings. The fourth-order valence-corrected chi connectivity index (χ4v) is 15.4. The van der Waals surface area contributed by atoms with Crippen LogP contribution in [0, 0.1) is 35.5 Å². The topological polar surface area (TPSA) is 270 Å². The van der Waals surface area contributed by atoms with Crippen LogP contribution in [-0.4, -0.2) is 263 Å². The number of alkyl halides is 4. The zero-order chi connectivity index (χ0) is 72.6. The van der Waals surface area contributed by atoms with Gasteiger partial charge in [0.15, 0.2) is 0 Å². The van der Waals surface area contributed by atoms with E-state index in [1.54, 1.807) is 11.8 Å². The molecule has 98 heavy (non-hydrogen) atoms. The van der Waals surface area contributed by atoms with Crippen molar-refractivity contribution in [3.05, 3.63) is 0 Å². The van der Waals surface area contributed by atoms with Gasteiger partial charge < -0.3 is 60.0 Å². The summed E-state index contributed by atoms with van der Waals surface area (Å²) >= 11 is 6.50. The summed E-state index contributed by atoms with van der Waals surface area (Å²) in [6.45, 7) is 7.92. The summed E-state index contributed by atoms with van der Waals surface area (Å²) in [5, 5.41) is 8.42. The summed E-state index contributed by atoms with van der Waals surface area (Å²) in [5.74, 6) is -10.1. The van der Waals surface area contributed by atoms with Gasteiger partial charge in [0.25, 0.3) is 0 Å². The lowest BCUT2D eigenvalue weighted by atomic mass is 9.79. The van der Waals surface area contributed by atoms with E-state index in [1.165, 1.54) is 75.9 Å². The number of hydrogen-bond donors (Lipinski definition) is 3. The molecule has 0 aromatic heterocycles. The zero-order valence-corrected chi connectivity index (χ0v) is 61.1. The van der Waals surface area contributed by atoms with Gasteiger partial charge in [0.2, 0.25) is 70.9 Å². The average Bonchev–Trinajstić information content (AvgIpc) is 1.44. The van der Waals surface area contributed by atoms with E-state index >= 15 is 19.2 Å². The summed E-state index contributed by atoms with van der Waals surface area (Å²) < 4.78 is 41.6. The number of carbonyl (C=O) groups is 12. The van der Waals surface area contributed by atoms with Crippen molar-refractivity contribution in [3.63, 3.8) is 0 Å². The second-order valence-electron chi connectivity index (χ2n) is 29.8. The van der Waals surface area contributed by atoms with E-state index in [4.69, 9.17) is 11.6 Å². The molecular formula is C70H114ClF3N12O12. The van der Waals surface area contributed by atoms with Crippen LogP contribution in [-0.2, 0) is 57.5 Å². The number of carbonyl (C=O) groups excluding carboxylic acids is 12. The number of amides is 12. The number of rotatable bonds is 12. The van der Waals surface area contributed by atoms with E-state index < -0.39 is 163 Å². The van der Waals surface area contributed by atoms with Gasteiger partial charge in [-0.25, -0.2) is 0 Å². The molecular weight excluding hydrogens is 1290 g/mol. The third-order valence-corrected chi connectivity index (χ3v) is 22.6. The molecule has 6 aliphatic rings. The third kappa shape index (κ3) is 21.9. The first-order chi connectivity index (χ1) is 46.1. The largest absolute Gasteiger partial charge is 0.391 e. The molecule has 3 heterocycles. The van der Waals surface area contributed by atoms with Crippen molar-refractivity contribution < 1.29 is 70.7 Å². The van der Waals surface area contributed by atoms with Gasteiger partial charge in [0.1, 0.15) is 48.3 Å². The van der Waals surface area contributed by atoms with E-state index in [9.17, 15) is 51.5 Å². The molecule has 0 spiro atoms. The second kappa shape index (κ2) is 36.9. The number of halogens is 4. The highest BCUT2D eigenvalue weighted by Crippen LogP contribution is 2.41. The molecule has 0 aromatic carbocycles. The third-order valence-electron chi connectivity index (χ3n) is 22.1. The SMILES string of the molecule is CC[C@H](C)[C@@H]1NC(=O)[C@H](C)N(C)C(=O)C[C@@H](C(=O)N2CCCC2)NC(=O)[C@H](CC(C)C)N(C)C(=O)[C@H](CC2CCCCC2)N(C)C(=O)[C@@H]2CCCN2C(=O)[C@H](CCC2CCC(C(F)(F)F)CC2)NC(=O)CN(C)C(=O)[C@H](CC2CCC(Cl)CC2)N(C)C(=O)CN(C)C(=O)CN(C)C1=O. The molecule has 12 amide bonds. The van der Waals surface area contributed by atoms with Crippen LogP contribution in [0.5, 0.6) is 0 Å². The maximum atomic E-state index is 15.5. The van der Waals surface area contributed by atoms with Crippen LogP contribution in [0.3, 0.4) is 0 Å². The lowest BCUT2D eigenvalue weighted by Crippen LogP contribution is -2.60. The molecule has 3 saturated carbocycles. The predicted octanol–water partition coefficient (Wildman–Crippen LogP) is 5.56. The van der Waals surface area contributed by atoms with Gasteiger partial charge in [0.05, 0.1) is 32.0 Å². The van der Waals surface area contributed by atoms with Crippen LogP contribution >= 0.6 is 11.6 Å². The van der Waals surface area contributed by atoms with Gasteiger partial charge in [-0.2, -0.15) is 13.2 Å². The Morgan fingerprint density at radius 3 is 1.68 bits per heavy atom. The Kier molecular flexibility index (Phi) is 30.4. The van der Waals surface area contributed by atoms with Crippen molar-refractivity contribution in [2.24, 2.45) is 35.5 Å². The standard InChI is InChI=1S/C70H114ClF3N12O12/c1-13-44(4)61-69(98)80(8)41-59(89)78(6)42-60(90)82(10)55(38-48-25-30-50(71)31-26-48)66(95)79(7)40-57(87)75-51(32-27-46-23-28-49(29-24-46)70(72,73)74)65(94)86-35-19-22-53(86)67(96)84(12)56(37-47-20-15-14-16-21-47)68(97)83(11)54(36-43(2)3)63(92)76-52(64(93)85-33-17-18-34-85)39-58(88)81(9)45(5)62(91)77-61/h43-56,61H,13-42H2,1-12H3,(H,75,87)(H,76,92)(H,77,91)/t44-,45-,46?,48?,49?,50?,51-,52-,53-,54-,55-,56-,61-/m0/s1. The van der Waals surface area contributed by atoms with Gasteiger partial charge in [-0.15, -0.1) is 11.6 Å². The Morgan fingerprint density at radius 2 is 1.09 bits per heavy atom. The van der Waals surface area contributed by atoms with E-state index in [-0.39, 0.29) is 99.8 Å². The highest BCUT2D eigenvalue weighted by atomic mass is 35.5. The number of likely N-dealkylation sites (N-methyl/N-ethyl adjacent to an activating group) is 7. The zero-order valence-electron chi connectivity index (χ0n) is 60.3. The van der Waals surface area contributed by atoms with Crippen LogP contribution in [0.1, 0.15) is 189 Å². The van der Waals surface area contributed by atoms with Crippen molar-refractivity contribution in [1.82, 2.24) is 60.0 Å². The minimum absolute atomic E-state index is 0.00744. The lowest BCUT2D eigenvalue weighted by Gasteiger charge is -2.39. The Labute approximate surface area is 583 Å². The van der Waals surface area contributed by atoms with Gasteiger partial charge >= 0.3 is 6.18 Å². The van der Waals surface area contributed by atoms with E-state index in [0.717, 1.165) is 51.7 Å². The molecule has 3 aliphatic heterocycles. The fourth-order valence-electron chi connectivity index (χ4n) is 15.1. The number of fused-ring (bicyclic) bond motifs is 1. The molecule has 3 N–H and O–H groups in total. The van der Waals surface area contributed by atoms with Crippen molar-refractivity contribution in [2.45, 2.75) is 249 Å². The van der Waals surface area contributed by atoms with Gasteiger partial charge in [0, 0.05) is 74.3 Å². The second-order valence-corrected chi connectivity index (χ2v) is 30.4. The lowest BCUT2D eigenvalue weighted by molar-refractivity contribution is -0.184. The summed E-state index contributed by atoms with van der Waals surface area (Å²) in [4.78, 5) is 188. The van der Waals surface area contributed by atoms with Gasteiger partial charge in [-0.05, 0) is 146 Å². The quantitative estimate of drug-likeness (QED) is 0.203. The van der Waals surface area contributed by atoms with Crippen LogP contribution in [0.4, 0.5) is 13.2 Å². The Bertz CT molecular complexity index is 2790. The Balaban J connectivity index is 1.40. The van der Waals surface area contributed by atoms with E-state index in [1.807, 2.05) is 20.8 Å². The summed E-state index contributed by atoms with van der Waals surface area (Å²) in [6, 6.07) is -9.81. The van der Waals surface area contributed by atoms with Crippen molar-refractivity contribution in [2.75, 3.05) is 88.6 Å². The molecule has 0 aromatic rings. The number of likely N-dealkylation sites (tertiary alicyclic amines) is 1. The Hall–Kier alpha value is -6.28. The fraction of sp³-hybridized carbons (Fsp3) is 0.829. The first kappa shape index (κ1) is 80.7. The van der Waals surface area contributed by atoms with Crippen molar-refractivity contribution in [1.29, 1.82) is 0 Å². The molecule has 28 heteroatoms. The molecule has 3 saturated heterocycles. The first-order valence-electron chi connectivity index (χ1n) is 36.1. The van der Waals surface area contributed by atoms with Crippen LogP contribution < -0.4 is 16.0 Å². The predicted molar refractivity (Wildman–Crippen MR) is 363 cm³/mol. The van der Waals surface area contributed by atoms with Crippen LogP contribution in [0.15, 0.2) is 0 Å². The first-order valence-corrected chi connectivity index (χ1v) is 36.6. The van der Waals surface area contributed by atoms with Crippen molar-refractivity contribution in [3.8, 4) is 0 Å². The van der Waals surface area contributed by atoms with Crippen LogP contribution in [0.2, 0.25) is 0 Å². The molecule has 24 nitrogen and oxygen atoms in total. The van der Waals surface area contributed by atoms with E-state index in [0.29, 0.717) is 64.5 Å². The Morgan fingerprint density at radius 1 is 0.531 bits per heavy atom. The molecule has 0 radical (unpaired) electrons. The van der Waals surface area contributed by atoms with E-state index in [2.05, 4.69) is 16.0 Å². The van der Waals surface area contributed by atoms with Gasteiger partial charge in [-0.1, -0.05) is 66.2 Å². The average molecular weight is 1410 g/mol. The highest BCUT2D eigenvalue weighted by molar-refractivity contribution is 6.20. The monoisotopic (exact) mass is 1410 g/mol. The normalized spacial score (nSPS) is 30.5. The van der Waals surface area contributed by atoms with Gasteiger partial charge in [-0.3, -0.25) is 57.5 Å². The molecule has 0 unspecified atom stereocenters. The molecule has 0 bridgehead atoms. The molecule has 9 atom stereocenters. The molecule has 3 aliphatic carbocycles. The van der Waals surface area contributed by atoms with Crippen LogP contribution in [0.25, 0.3) is 0 Å². The summed E-state index contributed by atoms with van der Waals surface area (Å²) in [5.41, 5.74) is 0. The highest BCUT2D eigenvalue weighted by Gasteiger charge is 2.47. The number of hydrogen-bond acceptors (Lipinski definition) is 12. The minimum atomic E-state index is -4.35. The molecule has 6 rings (SSSR count).